The second kappa shape index (κ2) is 6.45. The molecule has 0 spiro atoms. The number of rotatable bonds is 5. The molecule has 6 nitrogen and oxygen atoms in total. The van der Waals surface area contributed by atoms with E-state index in [1.165, 1.54) is 5.69 Å². The van der Waals surface area contributed by atoms with Gasteiger partial charge in [0.25, 0.3) is 0 Å². The molecule has 0 saturated carbocycles. The summed E-state index contributed by atoms with van der Waals surface area (Å²) in [5, 5.41) is 11.8. The molecule has 1 aliphatic rings. The first kappa shape index (κ1) is 14.4. The molecule has 2 unspecified atom stereocenters. The van der Waals surface area contributed by atoms with Gasteiger partial charge in [0.2, 0.25) is 0 Å². The van der Waals surface area contributed by atoms with Gasteiger partial charge in [0.15, 0.2) is 0 Å². The number of piperazine rings is 1. The molecule has 1 N–H and O–H groups in total. The fourth-order valence-electron chi connectivity index (χ4n) is 2.72. The smallest absolute Gasteiger partial charge is 0.0769 e. The van der Waals surface area contributed by atoms with Crippen molar-refractivity contribution in [3.05, 3.63) is 11.9 Å². The van der Waals surface area contributed by atoms with Crippen molar-refractivity contribution in [2.75, 3.05) is 40.3 Å². The number of hydrogen-bond donors (Lipinski definition) is 1. The number of nitrogens with zero attached hydrogens (tertiary/aromatic N) is 5. The molecule has 2 heterocycles. The van der Waals surface area contributed by atoms with Crippen LogP contribution in [0.15, 0.2) is 6.20 Å². The minimum absolute atomic E-state index is 0.285. The molecule has 0 aromatic carbocycles. The molecule has 1 aromatic heterocycles. The van der Waals surface area contributed by atoms with Crippen LogP contribution in [0.5, 0.6) is 0 Å². The van der Waals surface area contributed by atoms with Crippen molar-refractivity contribution in [2.24, 2.45) is 7.05 Å². The van der Waals surface area contributed by atoms with Crippen molar-refractivity contribution >= 4 is 0 Å². The van der Waals surface area contributed by atoms with E-state index in [0.29, 0.717) is 6.04 Å². The summed E-state index contributed by atoms with van der Waals surface area (Å²) in [6, 6.07) is 0.746. The second-order valence-corrected chi connectivity index (χ2v) is 5.52. The Balaban J connectivity index is 2.19. The summed E-state index contributed by atoms with van der Waals surface area (Å²) in [7, 11) is 6.37. The third-order valence-corrected chi connectivity index (χ3v) is 3.97. The van der Waals surface area contributed by atoms with E-state index in [1.807, 2.05) is 17.9 Å². The quantitative estimate of drug-likeness (QED) is 0.819. The molecule has 6 heteroatoms. The van der Waals surface area contributed by atoms with Crippen molar-refractivity contribution in [3.8, 4) is 0 Å². The van der Waals surface area contributed by atoms with Crippen LogP contribution in [0.4, 0.5) is 0 Å². The van der Waals surface area contributed by atoms with Gasteiger partial charge < -0.3 is 10.2 Å². The third kappa shape index (κ3) is 3.32. The summed E-state index contributed by atoms with van der Waals surface area (Å²) in [5.41, 5.74) is 1.17. The van der Waals surface area contributed by atoms with Crippen LogP contribution < -0.4 is 5.32 Å². The van der Waals surface area contributed by atoms with Crippen LogP contribution in [-0.4, -0.2) is 71.1 Å². The number of nitrogens with one attached hydrogen (secondary N) is 1. The minimum Gasteiger partial charge on any atom is -0.307 e. The standard InChI is InChI=1S/C13H26N6/c1-5-6-14-13(11-9-15-16-19(11)4)12-10-17(2)7-8-18(12)3/h9,12-14H,5-8,10H2,1-4H3. The number of hydrogen-bond acceptors (Lipinski definition) is 5. The first-order chi connectivity index (χ1) is 9.13. The van der Waals surface area contributed by atoms with E-state index in [9.17, 15) is 0 Å². The van der Waals surface area contributed by atoms with Crippen molar-refractivity contribution in [2.45, 2.75) is 25.4 Å². The lowest BCUT2D eigenvalue weighted by Crippen LogP contribution is -2.55. The molecule has 2 atom stereocenters. The lowest BCUT2D eigenvalue weighted by molar-refractivity contribution is 0.0855. The van der Waals surface area contributed by atoms with E-state index in [-0.39, 0.29) is 6.04 Å². The zero-order chi connectivity index (χ0) is 13.8. The Labute approximate surface area is 115 Å². The average molecular weight is 266 g/mol. The van der Waals surface area contributed by atoms with Crippen LogP contribution in [0.2, 0.25) is 0 Å². The zero-order valence-electron chi connectivity index (χ0n) is 12.5. The van der Waals surface area contributed by atoms with Gasteiger partial charge in [-0.2, -0.15) is 0 Å². The number of likely N-dealkylation sites (N-methyl/N-ethyl adjacent to an activating group) is 2. The monoisotopic (exact) mass is 266 g/mol. The van der Waals surface area contributed by atoms with Crippen LogP contribution in [0, 0.1) is 0 Å². The number of aromatic nitrogens is 3. The van der Waals surface area contributed by atoms with Gasteiger partial charge in [-0.25, -0.2) is 0 Å². The maximum atomic E-state index is 4.08. The minimum atomic E-state index is 0.285. The van der Waals surface area contributed by atoms with Crippen LogP contribution in [0.3, 0.4) is 0 Å². The summed E-state index contributed by atoms with van der Waals surface area (Å²) in [6.07, 6.45) is 3.02. The topological polar surface area (TPSA) is 49.2 Å². The van der Waals surface area contributed by atoms with E-state index < -0.39 is 0 Å². The van der Waals surface area contributed by atoms with Crippen LogP contribution >= 0.6 is 0 Å². The van der Waals surface area contributed by atoms with Gasteiger partial charge in [-0.05, 0) is 27.1 Å². The van der Waals surface area contributed by atoms with Crippen LogP contribution in [0.1, 0.15) is 25.1 Å². The highest BCUT2D eigenvalue weighted by atomic mass is 15.4. The molecule has 1 fully saturated rings. The van der Waals surface area contributed by atoms with Crippen molar-refractivity contribution < 1.29 is 0 Å². The van der Waals surface area contributed by atoms with Gasteiger partial charge >= 0.3 is 0 Å². The van der Waals surface area contributed by atoms with Gasteiger partial charge in [0.1, 0.15) is 0 Å². The van der Waals surface area contributed by atoms with Gasteiger partial charge in [-0.1, -0.05) is 12.1 Å². The maximum Gasteiger partial charge on any atom is 0.0769 e. The Morgan fingerprint density at radius 3 is 2.79 bits per heavy atom. The molecule has 0 bridgehead atoms. The maximum absolute atomic E-state index is 4.08. The Morgan fingerprint density at radius 1 is 1.37 bits per heavy atom. The van der Waals surface area contributed by atoms with E-state index >= 15 is 0 Å². The van der Waals surface area contributed by atoms with Gasteiger partial charge in [-0.15, -0.1) is 5.10 Å². The highest BCUT2D eigenvalue weighted by Crippen LogP contribution is 2.22. The molecule has 19 heavy (non-hydrogen) atoms. The number of aryl methyl sites for hydroxylation is 1. The summed E-state index contributed by atoms with van der Waals surface area (Å²) in [4.78, 5) is 4.84. The third-order valence-electron chi connectivity index (χ3n) is 3.97. The Morgan fingerprint density at radius 2 is 2.16 bits per heavy atom. The van der Waals surface area contributed by atoms with Crippen LogP contribution in [-0.2, 0) is 7.05 Å². The van der Waals surface area contributed by atoms with Crippen LogP contribution in [0.25, 0.3) is 0 Å². The highest BCUT2D eigenvalue weighted by molar-refractivity contribution is 5.07. The fourth-order valence-corrected chi connectivity index (χ4v) is 2.72. The van der Waals surface area contributed by atoms with Crippen molar-refractivity contribution in [1.29, 1.82) is 0 Å². The van der Waals surface area contributed by atoms with E-state index in [0.717, 1.165) is 32.6 Å². The van der Waals surface area contributed by atoms with Crippen molar-refractivity contribution in [3.63, 3.8) is 0 Å². The summed E-state index contributed by atoms with van der Waals surface area (Å²) < 4.78 is 1.88. The molecule has 0 aliphatic carbocycles. The second-order valence-electron chi connectivity index (χ2n) is 5.52. The van der Waals surface area contributed by atoms with E-state index in [4.69, 9.17) is 0 Å². The predicted molar refractivity (Wildman–Crippen MR) is 76.0 cm³/mol. The molecule has 2 rings (SSSR count). The fraction of sp³-hybridized carbons (Fsp3) is 0.846. The SMILES string of the molecule is CCCNC(c1cnnn1C)C1CN(C)CCN1C. The molecule has 1 aromatic rings. The molecule has 1 saturated heterocycles. The van der Waals surface area contributed by atoms with Crippen molar-refractivity contribution in [1.82, 2.24) is 30.1 Å². The molecule has 108 valence electrons. The Hall–Kier alpha value is -0.980. The molecular formula is C13H26N6. The lowest BCUT2D eigenvalue weighted by Gasteiger charge is -2.42. The normalized spacial score (nSPS) is 23.7. The zero-order valence-corrected chi connectivity index (χ0v) is 12.5. The molecular weight excluding hydrogens is 240 g/mol. The van der Waals surface area contributed by atoms with Gasteiger partial charge in [0.05, 0.1) is 17.9 Å². The highest BCUT2D eigenvalue weighted by Gasteiger charge is 2.32. The Bertz CT molecular complexity index is 390. The summed E-state index contributed by atoms with van der Waals surface area (Å²) >= 11 is 0. The Kier molecular flexibility index (Phi) is 4.90. The predicted octanol–water partition coefficient (Wildman–Crippen LogP) is 0.102. The summed E-state index contributed by atoms with van der Waals surface area (Å²) in [6.45, 7) is 6.53. The molecule has 0 radical (unpaired) electrons. The van der Waals surface area contributed by atoms with Gasteiger partial charge in [-0.3, -0.25) is 9.58 Å². The summed E-state index contributed by atoms with van der Waals surface area (Å²) in [5.74, 6) is 0. The largest absolute Gasteiger partial charge is 0.307 e. The van der Waals surface area contributed by atoms with Gasteiger partial charge in [0, 0.05) is 32.7 Å². The lowest BCUT2D eigenvalue weighted by atomic mass is 10.0. The molecule has 0 amide bonds. The van der Waals surface area contributed by atoms with E-state index in [2.05, 4.69) is 46.4 Å². The molecule has 1 aliphatic heterocycles. The van der Waals surface area contributed by atoms with E-state index in [1.54, 1.807) is 0 Å². The average Bonchev–Trinajstić information content (AvgIpc) is 2.80. The first-order valence-electron chi connectivity index (χ1n) is 7.10. The first-order valence-corrected chi connectivity index (χ1v) is 7.10.